The zero-order valence-electron chi connectivity index (χ0n) is 22.8. The van der Waals surface area contributed by atoms with Gasteiger partial charge in [-0.2, -0.15) is 0 Å². The Morgan fingerprint density at radius 2 is 1.67 bits per heavy atom. The maximum absolute atomic E-state index is 8.50. The second-order valence-corrected chi connectivity index (χ2v) is 11.2. The topological polar surface area (TPSA) is 30.3 Å². The predicted molar refractivity (Wildman–Crippen MR) is 154 cm³/mol. The molecule has 36 heavy (non-hydrogen) atoms. The van der Waals surface area contributed by atoms with Crippen LogP contribution in [0.3, 0.4) is 0 Å². The normalized spacial score (nSPS) is 16.9. The third kappa shape index (κ3) is 6.37. The highest BCUT2D eigenvalue weighted by Gasteiger charge is 2.30. The van der Waals surface area contributed by atoms with Crippen LogP contribution in [-0.4, -0.2) is 34.6 Å². The summed E-state index contributed by atoms with van der Waals surface area (Å²) in [6, 6.07) is 16.1. The Kier molecular flexibility index (Phi) is 8.85. The molecule has 2 heterocycles. The van der Waals surface area contributed by atoms with Gasteiger partial charge in [0.2, 0.25) is 0 Å². The van der Waals surface area contributed by atoms with Gasteiger partial charge in [0.25, 0.3) is 0 Å². The van der Waals surface area contributed by atoms with Crippen molar-refractivity contribution in [3.63, 3.8) is 0 Å². The molecule has 1 fully saturated rings. The van der Waals surface area contributed by atoms with E-state index in [0.717, 1.165) is 44.5 Å². The van der Waals surface area contributed by atoms with Gasteiger partial charge in [0, 0.05) is 30.1 Å². The summed E-state index contributed by atoms with van der Waals surface area (Å²) in [5.41, 5.74) is 9.97. The van der Waals surface area contributed by atoms with Gasteiger partial charge in [-0.25, -0.2) is 0 Å². The third-order valence-corrected chi connectivity index (χ3v) is 8.25. The number of rotatable bonds is 11. The minimum Gasteiger partial charge on any atom is -0.359 e. The molecule has 3 heteroatoms. The van der Waals surface area contributed by atoms with Crippen LogP contribution < -0.4 is 0 Å². The highest BCUT2D eigenvalue weighted by atomic mass is 15.2. The first kappa shape index (κ1) is 26.4. The molecule has 0 saturated carbocycles. The van der Waals surface area contributed by atoms with Crippen LogP contribution in [0.25, 0.3) is 5.70 Å². The smallest absolute Gasteiger partial charge is 0.0671 e. The van der Waals surface area contributed by atoms with Crippen molar-refractivity contribution in [1.82, 2.24) is 9.80 Å². The van der Waals surface area contributed by atoms with E-state index in [0.29, 0.717) is 11.6 Å². The first-order chi connectivity index (χ1) is 17.3. The molecular formula is C33H45N3. The van der Waals surface area contributed by atoms with Crippen molar-refractivity contribution in [2.24, 2.45) is 5.92 Å². The van der Waals surface area contributed by atoms with Crippen molar-refractivity contribution in [2.75, 3.05) is 13.1 Å². The number of nitrogens with zero attached hydrogens (tertiary/aromatic N) is 2. The van der Waals surface area contributed by atoms with Crippen molar-refractivity contribution in [3.05, 3.63) is 89.0 Å². The van der Waals surface area contributed by atoms with Crippen molar-refractivity contribution in [3.8, 4) is 0 Å². The second kappa shape index (κ2) is 12.1. The van der Waals surface area contributed by atoms with E-state index in [1.807, 2.05) is 6.92 Å². The quantitative estimate of drug-likeness (QED) is 0.263. The van der Waals surface area contributed by atoms with Crippen LogP contribution in [0.2, 0.25) is 0 Å². The molecular weight excluding hydrogens is 438 g/mol. The first-order valence-corrected chi connectivity index (χ1v) is 13.9. The fourth-order valence-electron chi connectivity index (χ4n) is 5.73. The number of hydrogen-bond donors (Lipinski definition) is 1. The van der Waals surface area contributed by atoms with Crippen LogP contribution >= 0.6 is 0 Å². The van der Waals surface area contributed by atoms with E-state index in [4.69, 9.17) is 5.41 Å². The van der Waals surface area contributed by atoms with Crippen molar-refractivity contribution < 1.29 is 0 Å². The molecule has 3 nitrogen and oxygen atoms in total. The molecule has 0 amide bonds. The predicted octanol–water partition coefficient (Wildman–Crippen LogP) is 7.64. The lowest BCUT2D eigenvalue weighted by molar-refractivity contribution is 0.221. The maximum atomic E-state index is 8.50. The van der Waals surface area contributed by atoms with E-state index in [-0.39, 0.29) is 6.04 Å². The average molecular weight is 484 g/mol. The fourth-order valence-corrected chi connectivity index (χ4v) is 5.73. The molecule has 1 atom stereocenters. The molecule has 0 aliphatic carbocycles. The molecule has 1 N–H and O–H groups in total. The molecule has 2 aromatic carbocycles. The van der Waals surface area contributed by atoms with Crippen LogP contribution in [0.15, 0.2) is 61.2 Å². The molecule has 0 aromatic heterocycles. The average Bonchev–Trinajstić information content (AvgIpc) is 3.20. The number of hydrogen-bond acceptors (Lipinski definition) is 3. The summed E-state index contributed by atoms with van der Waals surface area (Å²) in [4.78, 5) is 4.95. The Morgan fingerprint density at radius 1 is 0.972 bits per heavy atom. The molecule has 1 saturated heterocycles. The van der Waals surface area contributed by atoms with Crippen LogP contribution in [0.4, 0.5) is 0 Å². The number of fused-ring (bicyclic) bond motifs is 1. The Labute approximate surface area is 219 Å². The molecule has 0 spiro atoms. The third-order valence-electron chi connectivity index (χ3n) is 8.25. The van der Waals surface area contributed by atoms with E-state index in [2.05, 4.69) is 79.3 Å². The molecule has 1 unspecified atom stereocenters. The van der Waals surface area contributed by atoms with Gasteiger partial charge >= 0.3 is 0 Å². The highest BCUT2D eigenvalue weighted by molar-refractivity contribution is 5.87. The Balaban J connectivity index is 1.39. The van der Waals surface area contributed by atoms with Gasteiger partial charge in [0.1, 0.15) is 0 Å². The van der Waals surface area contributed by atoms with Gasteiger partial charge in [-0.1, -0.05) is 81.5 Å². The van der Waals surface area contributed by atoms with Crippen LogP contribution in [0.1, 0.15) is 80.7 Å². The summed E-state index contributed by atoms with van der Waals surface area (Å²) in [7, 11) is 0. The van der Waals surface area contributed by atoms with Gasteiger partial charge in [0.15, 0.2) is 0 Å². The molecule has 2 aromatic rings. The van der Waals surface area contributed by atoms with Gasteiger partial charge < -0.3 is 10.3 Å². The Bertz CT molecular complexity index is 1070. The van der Waals surface area contributed by atoms with Crippen molar-refractivity contribution in [2.45, 2.75) is 84.8 Å². The van der Waals surface area contributed by atoms with Crippen LogP contribution in [-0.2, 0) is 25.9 Å². The number of likely N-dealkylation sites (tertiary alicyclic amines) is 1. The fraction of sp³-hybridized carbons (Fsp3) is 0.485. The Morgan fingerprint density at radius 3 is 2.33 bits per heavy atom. The maximum Gasteiger partial charge on any atom is 0.0671 e. The SMILES string of the molecule is C=C(CCC(C(C)=N)N1Cc2c(CCc3ccc(CN4CCCCC4)cc3)cccc2C1=C)C(C)C. The zero-order valence-corrected chi connectivity index (χ0v) is 22.8. The molecule has 2 aliphatic heterocycles. The second-order valence-electron chi connectivity index (χ2n) is 11.2. The molecule has 4 rings (SSSR count). The summed E-state index contributed by atoms with van der Waals surface area (Å²) in [6.45, 7) is 19.5. The number of nitrogens with one attached hydrogen (secondary N) is 1. The lowest BCUT2D eigenvalue weighted by Crippen LogP contribution is -2.35. The van der Waals surface area contributed by atoms with E-state index >= 15 is 0 Å². The van der Waals surface area contributed by atoms with Gasteiger partial charge in [-0.15, -0.1) is 0 Å². The monoisotopic (exact) mass is 483 g/mol. The number of piperidine rings is 1. The molecule has 2 aliphatic rings. The lowest BCUT2D eigenvalue weighted by atomic mass is 9.95. The van der Waals surface area contributed by atoms with Gasteiger partial charge in [0.05, 0.1) is 6.04 Å². The molecule has 0 radical (unpaired) electrons. The van der Waals surface area contributed by atoms with Crippen LogP contribution in [0, 0.1) is 11.3 Å². The van der Waals surface area contributed by atoms with Gasteiger partial charge in [-0.05, 0) is 86.7 Å². The Hall–Kier alpha value is -2.65. The molecule has 192 valence electrons. The highest BCUT2D eigenvalue weighted by Crippen LogP contribution is 2.37. The van der Waals surface area contributed by atoms with Gasteiger partial charge in [-0.3, -0.25) is 4.90 Å². The zero-order chi connectivity index (χ0) is 25.7. The number of allylic oxidation sites excluding steroid dienone is 1. The summed E-state index contributed by atoms with van der Waals surface area (Å²) in [5, 5.41) is 8.50. The minimum atomic E-state index is 0.0840. The minimum absolute atomic E-state index is 0.0840. The van der Waals surface area contributed by atoms with Crippen molar-refractivity contribution >= 4 is 11.4 Å². The van der Waals surface area contributed by atoms with Crippen LogP contribution in [0.5, 0.6) is 0 Å². The van der Waals surface area contributed by atoms with Crippen molar-refractivity contribution in [1.29, 1.82) is 5.41 Å². The van der Waals surface area contributed by atoms with E-state index in [1.165, 1.54) is 65.7 Å². The first-order valence-electron chi connectivity index (χ1n) is 13.9. The lowest BCUT2D eigenvalue weighted by Gasteiger charge is -2.30. The van der Waals surface area contributed by atoms with E-state index in [1.54, 1.807) is 0 Å². The van der Waals surface area contributed by atoms with E-state index in [9.17, 15) is 0 Å². The summed E-state index contributed by atoms with van der Waals surface area (Å²) < 4.78 is 0. The molecule has 0 bridgehead atoms. The number of aryl methyl sites for hydroxylation is 2. The summed E-state index contributed by atoms with van der Waals surface area (Å²) >= 11 is 0. The largest absolute Gasteiger partial charge is 0.359 e. The number of benzene rings is 2. The summed E-state index contributed by atoms with van der Waals surface area (Å²) in [5.74, 6) is 0.487. The summed E-state index contributed by atoms with van der Waals surface area (Å²) in [6.07, 6.45) is 8.05. The van der Waals surface area contributed by atoms with E-state index < -0.39 is 0 Å². The standard InChI is InChI=1S/C33H45N3/c1-24(2)25(3)12-19-33(26(4)34)36-23-32-30(10-9-11-31(32)27(36)5)18-17-28-13-15-29(16-14-28)22-35-20-7-6-8-21-35/h9-11,13-16,24,33-34H,3,5-8,12,17-23H2,1-2,4H3.